The Hall–Kier alpha value is 2.29. The molecule has 21 heavy (non-hydrogen) atoms. The van der Waals surface area contributed by atoms with Gasteiger partial charge in [-0.1, -0.05) is 6.42 Å². The summed E-state index contributed by atoms with van der Waals surface area (Å²) in [6.07, 6.45) is 2.16. The van der Waals surface area contributed by atoms with E-state index in [0.717, 1.165) is 12.8 Å². The van der Waals surface area contributed by atoms with Crippen molar-refractivity contribution in [3.63, 3.8) is 0 Å². The largest absolute Gasteiger partial charge is 1.00 e. The number of phosphoric acid groups is 2. The Balaban J connectivity index is -0.000000126. The molecule has 0 bridgehead atoms. The van der Waals surface area contributed by atoms with Crippen molar-refractivity contribution in [1.82, 2.24) is 0 Å². The van der Waals surface area contributed by atoms with E-state index >= 15 is 0 Å². The molecule has 0 aromatic heterocycles. The fraction of sp³-hybridized carbons (Fsp3) is 0.833. The maximum atomic E-state index is 10.1. The van der Waals surface area contributed by atoms with Crippen LogP contribution in [0.4, 0.5) is 0 Å². The van der Waals surface area contributed by atoms with Crippen LogP contribution in [0.5, 0.6) is 0 Å². The van der Waals surface area contributed by atoms with Crippen molar-refractivity contribution in [1.29, 1.82) is 0 Å². The molecular weight excluding hydrogens is 368 g/mol. The van der Waals surface area contributed by atoms with Crippen LogP contribution < -0.4 is 102 Å². The Bertz CT molecular complexity index is 342. The predicted octanol–water partition coefficient (Wildman–Crippen LogP) is -8.54. The van der Waals surface area contributed by atoms with E-state index in [1.165, 1.54) is 0 Å². The Labute approximate surface area is 186 Å². The SMILES string of the molecule is NCCCCC(N)C(=O)O.O=P([O-])([O-])OP(=O)(O)O.[K+].[Na+]. The number of nitrogens with two attached hydrogens (primary N) is 2. The summed E-state index contributed by atoms with van der Waals surface area (Å²) < 4.78 is 21.7. The van der Waals surface area contributed by atoms with Crippen LogP contribution in [0.3, 0.4) is 0 Å². The summed E-state index contributed by atoms with van der Waals surface area (Å²) in [7, 11) is -10.7. The minimum Gasteiger partial charge on any atom is -0.789 e. The van der Waals surface area contributed by atoms with Gasteiger partial charge in [0.05, 0.1) is 7.82 Å². The first-order valence-corrected chi connectivity index (χ1v) is 7.85. The number of aliphatic carboxylic acids is 1. The number of hydrogen-bond donors (Lipinski definition) is 5. The Kier molecular flexibility index (Phi) is 23.4. The number of hydrogen-bond acceptors (Lipinski definition) is 8. The molecule has 116 valence electrons. The first-order chi connectivity index (χ1) is 8.39. The molecule has 0 saturated carbocycles. The summed E-state index contributed by atoms with van der Waals surface area (Å²) in [5.74, 6) is -0.933. The third-order valence-corrected chi connectivity index (χ3v) is 3.14. The first kappa shape index (κ1) is 31.1. The summed E-state index contributed by atoms with van der Waals surface area (Å²) in [6, 6.07) is -0.716. The van der Waals surface area contributed by atoms with Crippen LogP contribution in [0.25, 0.3) is 0 Å². The molecule has 0 saturated heterocycles. The molecule has 1 unspecified atom stereocenters. The molecule has 1 atom stereocenters. The second-order valence-corrected chi connectivity index (χ2v) is 5.78. The van der Waals surface area contributed by atoms with Gasteiger partial charge in [-0.25, -0.2) is 4.57 Å². The monoisotopic (exact) mass is 384 g/mol. The number of carbonyl (C=O) groups is 1. The summed E-state index contributed by atoms with van der Waals surface area (Å²) >= 11 is 0. The van der Waals surface area contributed by atoms with E-state index in [-0.39, 0.29) is 80.9 Å². The first-order valence-electron chi connectivity index (χ1n) is 4.86. The van der Waals surface area contributed by atoms with Gasteiger partial charge in [0.2, 0.25) is 0 Å². The van der Waals surface area contributed by atoms with Crippen molar-refractivity contribution in [2.75, 3.05) is 6.54 Å². The van der Waals surface area contributed by atoms with Gasteiger partial charge in [0.1, 0.15) is 6.04 Å². The van der Waals surface area contributed by atoms with E-state index in [4.69, 9.17) is 26.4 Å². The zero-order valence-electron chi connectivity index (χ0n) is 11.7. The second-order valence-electron chi connectivity index (χ2n) is 3.25. The molecular formula is C6H16KN2NaO9P2. The van der Waals surface area contributed by atoms with Crippen molar-refractivity contribution in [3.8, 4) is 0 Å². The maximum Gasteiger partial charge on any atom is 1.00 e. The predicted molar refractivity (Wildman–Crippen MR) is 59.3 cm³/mol. The molecule has 0 aromatic carbocycles. The molecule has 0 spiro atoms. The van der Waals surface area contributed by atoms with Gasteiger partial charge < -0.3 is 40.7 Å². The number of rotatable bonds is 7. The fourth-order valence-electron chi connectivity index (χ4n) is 0.762. The molecule has 0 rings (SSSR count). The quantitative estimate of drug-likeness (QED) is 0.157. The topological polar surface area (TPSA) is 219 Å². The second kappa shape index (κ2) is 15.8. The number of unbranched alkanes of at least 4 members (excludes halogenated alkanes) is 1. The molecule has 0 fully saturated rings. The van der Waals surface area contributed by atoms with Gasteiger partial charge >= 0.3 is 94.7 Å². The van der Waals surface area contributed by atoms with E-state index in [1.807, 2.05) is 0 Å². The summed E-state index contributed by atoms with van der Waals surface area (Å²) in [5.41, 5.74) is 10.4. The van der Waals surface area contributed by atoms with Crippen LogP contribution in [-0.2, 0) is 18.2 Å². The van der Waals surface area contributed by atoms with E-state index in [9.17, 15) is 23.7 Å². The van der Waals surface area contributed by atoms with Crippen molar-refractivity contribution >= 4 is 21.6 Å². The standard InChI is InChI=1S/C6H14N2O2.K.Na.H4O7P2/c7-4-2-1-3-5(8)6(9)10;;;1-8(2,3)7-9(4,5)6/h5H,1-4,7-8H2,(H,9,10);;;(H2,1,2,3)(H2,4,5,6)/q;2*+1;/p-2. The van der Waals surface area contributed by atoms with Crippen molar-refractivity contribution in [2.24, 2.45) is 11.5 Å². The summed E-state index contributed by atoms with van der Waals surface area (Å²) in [4.78, 5) is 44.3. The van der Waals surface area contributed by atoms with Crippen LogP contribution >= 0.6 is 15.6 Å². The van der Waals surface area contributed by atoms with Gasteiger partial charge in [-0.05, 0) is 19.4 Å². The average Bonchev–Trinajstić information content (AvgIpc) is 2.12. The number of carboxylic acid groups (broad SMARTS) is 1. The molecule has 0 aliphatic heterocycles. The Morgan fingerprint density at radius 2 is 1.67 bits per heavy atom. The summed E-state index contributed by atoms with van der Waals surface area (Å²) in [5, 5.41) is 8.33. The van der Waals surface area contributed by atoms with Gasteiger partial charge in [0, 0.05) is 0 Å². The zero-order valence-corrected chi connectivity index (χ0v) is 18.7. The van der Waals surface area contributed by atoms with Crippen LogP contribution in [0.1, 0.15) is 19.3 Å². The average molecular weight is 384 g/mol. The smallest absolute Gasteiger partial charge is 0.789 e. The van der Waals surface area contributed by atoms with Crippen LogP contribution in [0, 0.1) is 0 Å². The molecule has 7 N–H and O–H groups in total. The Morgan fingerprint density at radius 1 is 1.24 bits per heavy atom. The van der Waals surface area contributed by atoms with Crippen molar-refractivity contribution in [3.05, 3.63) is 0 Å². The molecule has 15 heteroatoms. The molecule has 0 aliphatic carbocycles. The van der Waals surface area contributed by atoms with Gasteiger partial charge in [0.15, 0.2) is 0 Å². The third kappa shape index (κ3) is 30.7. The Morgan fingerprint density at radius 3 is 1.86 bits per heavy atom. The van der Waals surface area contributed by atoms with Gasteiger partial charge in [-0.2, -0.15) is 0 Å². The molecule has 0 aliphatic rings. The number of carboxylic acids is 1. The zero-order chi connectivity index (χ0) is 15.7. The van der Waals surface area contributed by atoms with E-state index in [2.05, 4.69) is 4.31 Å². The van der Waals surface area contributed by atoms with Gasteiger partial charge in [0.25, 0.3) is 0 Å². The van der Waals surface area contributed by atoms with Crippen molar-refractivity contribution in [2.45, 2.75) is 25.3 Å². The van der Waals surface area contributed by atoms with Gasteiger partial charge in [-0.3, -0.25) is 9.11 Å². The molecule has 11 nitrogen and oxygen atoms in total. The van der Waals surface area contributed by atoms with Crippen LogP contribution in [-0.4, -0.2) is 33.4 Å². The molecule has 0 heterocycles. The van der Waals surface area contributed by atoms with Crippen LogP contribution in [0.2, 0.25) is 0 Å². The van der Waals surface area contributed by atoms with Gasteiger partial charge in [-0.15, -0.1) is 0 Å². The van der Waals surface area contributed by atoms with E-state index in [1.54, 1.807) is 0 Å². The molecule has 0 radical (unpaired) electrons. The normalized spacial score (nSPS) is 12.1. The third-order valence-electron chi connectivity index (χ3n) is 1.49. The minimum atomic E-state index is -5.55. The minimum absolute atomic E-state index is 0. The molecule has 0 aromatic rings. The maximum absolute atomic E-state index is 10.1. The van der Waals surface area contributed by atoms with E-state index in [0.29, 0.717) is 13.0 Å². The fourth-order valence-corrected chi connectivity index (χ4v) is 1.80. The molecule has 0 amide bonds. The van der Waals surface area contributed by atoms with E-state index < -0.39 is 27.7 Å². The summed E-state index contributed by atoms with van der Waals surface area (Å²) in [6.45, 7) is 0.604. The van der Waals surface area contributed by atoms with Crippen molar-refractivity contribution < 1.29 is 124 Å². The van der Waals surface area contributed by atoms with Crippen LogP contribution in [0.15, 0.2) is 0 Å².